The quantitative estimate of drug-likeness (QED) is 0.410. The first-order chi connectivity index (χ1) is 13.1. The van der Waals surface area contributed by atoms with E-state index in [0.717, 1.165) is 0 Å². The third-order valence-electron chi connectivity index (χ3n) is 3.82. The van der Waals surface area contributed by atoms with Crippen LogP contribution < -0.4 is 0 Å². The van der Waals surface area contributed by atoms with Gasteiger partial charge in [0.2, 0.25) is 5.78 Å². The Morgan fingerprint density at radius 1 is 0.704 bits per heavy atom. The molecule has 1 N–H and O–H groups in total. The summed E-state index contributed by atoms with van der Waals surface area (Å²) >= 11 is 0. The molecule has 0 aromatic heterocycles. The van der Waals surface area contributed by atoms with E-state index < -0.39 is 5.97 Å². The predicted octanol–water partition coefficient (Wildman–Crippen LogP) is 4.09. The second-order valence-electron chi connectivity index (χ2n) is 5.68. The van der Waals surface area contributed by atoms with Gasteiger partial charge < -0.3 is 5.11 Å². The summed E-state index contributed by atoms with van der Waals surface area (Å²) in [7, 11) is 0. The lowest BCUT2D eigenvalue weighted by Crippen LogP contribution is -2.15. The summed E-state index contributed by atoms with van der Waals surface area (Å²) in [6.45, 7) is 0. The third-order valence-corrected chi connectivity index (χ3v) is 3.82. The van der Waals surface area contributed by atoms with Crippen molar-refractivity contribution in [3.63, 3.8) is 0 Å². The molecule has 27 heavy (non-hydrogen) atoms. The standard InChI is InChI=1S/C22H16N2O3/c25-21(18-9-5-2-6-10-18)20(17-7-3-1-4-8-17)24-23-15-16-11-13-19(14-12-16)22(26)27/h1-15H,(H,26,27)/b23-15+,24-20+. The van der Waals surface area contributed by atoms with Gasteiger partial charge in [0.1, 0.15) is 5.71 Å². The zero-order valence-electron chi connectivity index (χ0n) is 14.3. The van der Waals surface area contributed by atoms with Gasteiger partial charge in [-0.1, -0.05) is 72.8 Å². The fraction of sp³-hybridized carbons (Fsp3) is 0. The number of ketones is 1. The Morgan fingerprint density at radius 2 is 1.26 bits per heavy atom. The van der Waals surface area contributed by atoms with Gasteiger partial charge in [0, 0.05) is 11.1 Å². The highest BCUT2D eigenvalue weighted by Crippen LogP contribution is 2.10. The predicted molar refractivity (Wildman–Crippen MR) is 105 cm³/mol. The molecule has 0 amide bonds. The molecule has 0 bridgehead atoms. The molecule has 0 spiro atoms. The molecule has 3 aromatic carbocycles. The molecule has 5 nitrogen and oxygen atoms in total. The van der Waals surface area contributed by atoms with E-state index in [1.54, 1.807) is 48.5 Å². The Bertz CT molecular complexity index is 993. The van der Waals surface area contributed by atoms with Crippen molar-refractivity contribution in [2.75, 3.05) is 0 Å². The van der Waals surface area contributed by atoms with Crippen LogP contribution in [0.25, 0.3) is 0 Å². The summed E-state index contributed by atoms with van der Waals surface area (Å²) in [5.41, 5.74) is 2.31. The van der Waals surface area contributed by atoms with Gasteiger partial charge in [-0.3, -0.25) is 4.79 Å². The molecule has 0 radical (unpaired) electrons. The smallest absolute Gasteiger partial charge is 0.335 e. The lowest BCUT2D eigenvalue weighted by Gasteiger charge is -2.04. The number of benzene rings is 3. The molecule has 0 fully saturated rings. The lowest BCUT2D eigenvalue weighted by molar-refractivity contribution is 0.0696. The fourth-order valence-corrected chi connectivity index (χ4v) is 2.42. The highest BCUT2D eigenvalue weighted by atomic mass is 16.4. The Hall–Kier alpha value is -3.86. The number of carboxylic acid groups (broad SMARTS) is 1. The maximum atomic E-state index is 12.8. The van der Waals surface area contributed by atoms with Gasteiger partial charge in [-0.15, -0.1) is 5.10 Å². The zero-order chi connectivity index (χ0) is 19.1. The maximum Gasteiger partial charge on any atom is 0.335 e. The number of carbonyl (C=O) groups excluding carboxylic acids is 1. The number of hydrogen-bond acceptors (Lipinski definition) is 4. The van der Waals surface area contributed by atoms with Crippen LogP contribution in [0.5, 0.6) is 0 Å². The van der Waals surface area contributed by atoms with E-state index in [1.165, 1.54) is 18.3 Å². The van der Waals surface area contributed by atoms with E-state index in [9.17, 15) is 9.59 Å². The van der Waals surface area contributed by atoms with Crippen molar-refractivity contribution in [2.45, 2.75) is 0 Å². The maximum absolute atomic E-state index is 12.8. The van der Waals surface area contributed by atoms with Crippen LogP contribution in [0.15, 0.2) is 95.1 Å². The number of carbonyl (C=O) groups is 2. The molecule has 132 valence electrons. The number of aromatic carboxylic acids is 1. The number of hydrogen-bond donors (Lipinski definition) is 1. The number of Topliss-reactive ketones (excluding diaryl/α,β-unsaturated/α-hetero) is 1. The highest BCUT2D eigenvalue weighted by Gasteiger charge is 2.15. The normalized spacial score (nSPS) is 11.5. The van der Waals surface area contributed by atoms with E-state index in [2.05, 4.69) is 10.2 Å². The molecule has 0 aliphatic rings. The van der Waals surface area contributed by atoms with Crippen LogP contribution >= 0.6 is 0 Å². The first kappa shape index (κ1) is 17.9. The van der Waals surface area contributed by atoms with E-state index >= 15 is 0 Å². The minimum atomic E-state index is -0.990. The molecular weight excluding hydrogens is 340 g/mol. The van der Waals surface area contributed by atoms with Gasteiger partial charge in [-0.2, -0.15) is 5.10 Å². The molecule has 0 atom stereocenters. The van der Waals surface area contributed by atoms with Crippen molar-refractivity contribution in [3.05, 3.63) is 107 Å². The van der Waals surface area contributed by atoms with E-state index in [1.807, 2.05) is 24.3 Å². The van der Waals surface area contributed by atoms with Gasteiger partial charge in [0.15, 0.2) is 0 Å². The molecule has 3 rings (SSSR count). The average molecular weight is 356 g/mol. The summed E-state index contributed by atoms with van der Waals surface area (Å²) in [4.78, 5) is 23.7. The van der Waals surface area contributed by atoms with Crippen molar-refractivity contribution in [1.82, 2.24) is 0 Å². The largest absolute Gasteiger partial charge is 0.478 e. The Labute approximate surface area is 156 Å². The third kappa shape index (κ3) is 4.61. The molecular formula is C22H16N2O3. The van der Waals surface area contributed by atoms with Crippen molar-refractivity contribution in [3.8, 4) is 0 Å². The van der Waals surface area contributed by atoms with Crippen molar-refractivity contribution < 1.29 is 14.7 Å². The SMILES string of the molecule is O=C(O)c1ccc(/C=N/N=C(/C(=O)c2ccccc2)c2ccccc2)cc1. The summed E-state index contributed by atoms with van der Waals surface area (Å²) in [5.74, 6) is -1.21. The Morgan fingerprint density at radius 3 is 1.81 bits per heavy atom. The second kappa shape index (κ2) is 8.49. The van der Waals surface area contributed by atoms with E-state index in [4.69, 9.17) is 5.11 Å². The molecule has 0 aliphatic heterocycles. The monoisotopic (exact) mass is 356 g/mol. The van der Waals surface area contributed by atoms with Crippen LogP contribution in [-0.4, -0.2) is 28.8 Å². The van der Waals surface area contributed by atoms with Crippen LogP contribution in [0.3, 0.4) is 0 Å². The molecule has 0 unspecified atom stereocenters. The average Bonchev–Trinajstić information content (AvgIpc) is 2.72. The minimum absolute atomic E-state index is 0.194. The van der Waals surface area contributed by atoms with Crippen LogP contribution in [0.1, 0.15) is 31.8 Å². The highest BCUT2D eigenvalue weighted by molar-refractivity contribution is 6.51. The molecule has 0 aliphatic carbocycles. The number of rotatable bonds is 6. The van der Waals surface area contributed by atoms with Crippen LogP contribution in [-0.2, 0) is 0 Å². The Kier molecular flexibility index (Phi) is 5.64. The van der Waals surface area contributed by atoms with E-state index in [0.29, 0.717) is 16.7 Å². The van der Waals surface area contributed by atoms with Crippen LogP contribution in [0.4, 0.5) is 0 Å². The molecule has 0 saturated heterocycles. The number of nitrogens with zero attached hydrogens (tertiary/aromatic N) is 2. The van der Waals surface area contributed by atoms with Crippen LogP contribution in [0, 0.1) is 0 Å². The van der Waals surface area contributed by atoms with Gasteiger partial charge in [0.05, 0.1) is 11.8 Å². The van der Waals surface area contributed by atoms with Crippen molar-refractivity contribution >= 4 is 23.7 Å². The number of carboxylic acids is 1. The lowest BCUT2D eigenvalue weighted by atomic mass is 10.0. The summed E-state index contributed by atoms with van der Waals surface area (Å²) in [6.07, 6.45) is 1.48. The van der Waals surface area contributed by atoms with Gasteiger partial charge in [0.25, 0.3) is 0 Å². The second-order valence-corrected chi connectivity index (χ2v) is 5.68. The summed E-state index contributed by atoms with van der Waals surface area (Å²) in [5, 5.41) is 17.1. The summed E-state index contributed by atoms with van der Waals surface area (Å²) < 4.78 is 0. The van der Waals surface area contributed by atoms with Gasteiger partial charge >= 0.3 is 5.97 Å². The first-order valence-electron chi connectivity index (χ1n) is 8.25. The van der Waals surface area contributed by atoms with Gasteiger partial charge in [-0.25, -0.2) is 4.79 Å². The van der Waals surface area contributed by atoms with Crippen LogP contribution in [0.2, 0.25) is 0 Å². The molecule has 0 saturated carbocycles. The van der Waals surface area contributed by atoms with Crippen molar-refractivity contribution in [1.29, 1.82) is 0 Å². The van der Waals surface area contributed by atoms with Gasteiger partial charge in [-0.05, 0) is 17.7 Å². The Balaban J connectivity index is 1.90. The molecule has 3 aromatic rings. The first-order valence-corrected chi connectivity index (χ1v) is 8.25. The topological polar surface area (TPSA) is 79.1 Å². The zero-order valence-corrected chi connectivity index (χ0v) is 14.3. The fourth-order valence-electron chi connectivity index (χ4n) is 2.42. The summed E-state index contributed by atoms with van der Waals surface area (Å²) in [6, 6.07) is 24.3. The molecule has 5 heteroatoms. The van der Waals surface area contributed by atoms with E-state index in [-0.39, 0.29) is 17.1 Å². The minimum Gasteiger partial charge on any atom is -0.478 e. The molecule has 0 heterocycles. The van der Waals surface area contributed by atoms with Crippen molar-refractivity contribution in [2.24, 2.45) is 10.2 Å².